The first kappa shape index (κ1) is 45.7. The molecule has 0 saturated carbocycles. The molecule has 6 heteroatoms. The molecule has 1 aliphatic rings. The van der Waals surface area contributed by atoms with Crippen molar-refractivity contribution in [1.82, 2.24) is 9.55 Å². The van der Waals surface area contributed by atoms with Gasteiger partial charge < -0.3 is 19.1 Å². The van der Waals surface area contributed by atoms with E-state index in [0.29, 0.717) is 11.5 Å². The Morgan fingerprint density at radius 2 is 1.15 bits per heavy atom. The molecule has 0 unspecified atom stereocenters. The van der Waals surface area contributed by atoms with E-state index in [1.54, 1.807) is 0 Å². The largest absolute Gasteiger partial charge is 0.509 e. The molecule has 334 valence electrons. The molecular weight excluding hydrogens is 976 g/mol. The molecule has 0 amide bonds. The molecule has 0 spiro atoms. The van der Waals surface area contributed by atoms with Crippen LogP contribution < -0.4 is 14.5 Å². The summed E-state index contributed by atoms with van der Waals surface area (Å²) in [4.78, 5) is 9.64. The summed E-state index contributed by atoms with van der Waals surface area (Å²) in [5, 5.41) is 2.23. The molecule has 0 atom stereocenters. The summed E-state index contributed by atoms with van der Waals surface area (Å²) < 4.78 is 9.13. The van der Waals surface area contributed by atoms with Gasteiger partial charge in [-0.15, -0.1) is 53.6 Å². The summed E-state index contributed by atoms with van der Waals surface area (Å²) in [6.07, 6.45) is 1.91. The van der Waals surface area contributed by atoms with Crippen molar-refractivity contribution in [3.63, 3.8) is 0 Å². The first-order valence-corrected chi connectivity index (χ1v) is 22.5. The minimum absolute atomic E-state index is 0. The Labute approximate surface area is 401 Å². The van der Waals surface area contributed by atoms with Gasteiger partial charge in [-0.05, 0) is 63.4 Å². The molecule has 6 aromatic carbocycles. The molecule has 2 aromatic heterocycles. The third-order valence-electron chi connectivity index (χ3n) is 12.5. The summed E-state index contributed by atoms with van der Waals surface area (Å²) >= 11 is 0. The third-order valence-corrected chi connectivity index (χ3v) is 12.5. The fraction of sp³-hybridized carbons (Fsp3) is 0.254. The maximum absolute atomic E-state index is 6.92. The number of hydrogen-bond acceptors (Lipinski definition) is 4. The van der Waals surface area contributed by atoms with E-state index in [-0.39, 0.29) is 42.7 Å². The van der Waals surface area contributed by atoms with E-state index < -0.39 is 0 Å². The Bertz CT molecular complexity index is 3030. The maximum atomic E-state index is 6.92. The smallest absolute Gasteiger partial charge is 0.135 e. The number of pyridine rings is 1. The fourth-order valence-corrected chi connectivity index (χ4v) is 9.14. The summed E-state index contributed by atoms with van der Waals surface area (Å²) in [6, 6.07) is 59.1. The molecule has 0 bridgehead atoms. The predicted molar refractivity (Wildman–Crippen MR) is 267 cm³/mol. The summed E-state index contributed by atoms with van der Waals surface area (Å²) in [7, 11) is 0. The monoisotopic (exact) mass is 1030 g/mol. The van der Waals surface area contributed by atoms with Crippen molar-refractivity contribution in [3.05, 3.63) is 199 Å². The van der Waals surface area contributed by atoms with Crippen molar-refractivity contribution in [3.8, 4) is 28.4 Å². The number of para-hydroxylation sites is 1. The second-order valence-corrected chi connectivity index (χ2v) is 20.8. The molecule has 5 nitrogen and oxygen atoms in total. The van der Waals surface area contributed by atoms with Gasteiger partial charge in [-0.25, -0.2) is 4.98 Å². The van der Waals surface area contributed by atoms with Gasteiger partial charge in [-0.3, -0.25) is 0 Å². The first-order valence-electron chi connectivity index (χ1n) is 22.5. The average Bonchev–Trinajstić information content (AvgIpc) is 3.85. The zero-order valence-corrected chi connectivity index (χ0v) is 41.8. The minimum atomic E-state index is -0.239. The van der Waals surface area contributed by atoms with Crippen LogP contribution in [0.25, 0.3) is 38.8 Å². The van der Waals surface area contributed by atoms with Gasteiger partial charge in [0.2, 0.25) is 0 Å². The topological polar surface area (TPSA) is 33.5 Å². The van der Waals surface area contributed by atoms with Crippen LogP contribution in [-0.2, 0) is 31.9 Å². The second kappa shape index (κ2) is 17.1. The Morgan fingerprint density at radius 1 is 0.508 bits per heavy atom. The summed E-state index contributed by atoms with van der Waals surface area (Å²) in [5.74, 6) is 2.06. The molecule has 0 N–H and O–H groups in total. The van der Waals surface area contributed by atoms with E-state index in [4.69, 9.17) is 9.72 Å². The molecule has 1 aliphatic heterocycles. The zero-order valence-electron chi connectivity index (χ0n) is 39.5. The van der Waals surface area contributed by atoms with Gasteiger partial charge in [0.1, 0.15) is 5.82 Å². The number of fused-ring (bicyclic) bond motifs is 3. The summed E-state index contributed by atoms with van der Waals surface area (Å²) in [6.45, 7) is 27.4. The number of ether oxygens (including phenoxy) is 1. The van der Waals surface area contributed by atoms with Crippen LogP contribution in [0.3, 0.4) is 0 Å². The molecular formula is C59H59N4OPt-3. The number of allylic oxidation sites excluding steroid dienone is 2. The van der Waals surface area contributed by atoms with E-state index in [1.807, 2.05) is 12.3 Å². The van der Waals surface area contributed by atoms with E-state index in [9.17, 15) is 0 Å². The molecule has 0 aliphatic carbocycles. The van der Waals surface area contributed by atoms with Crippen molar-refractivity contribution in [2.45, 2.75) is 87.0 Å². The van der Waals surface area contributed by atoms with Crippen LogP contribution in [0, 0.1) is 29.6 Å². The number of hydrogen-bond donors (Lipinski definition) is 0. The van der Waals surface area contributed by atoms with E-state index in [0.717, 1.165) is 50.1 Å². The number of nitrogens with zero attached hydrogens (tertiary/aromatic N) is 4. The first-order chi connectivity index (χ1) is 30.4. The Balaban J connectivity index is 0.00000576. The van der Waals surface area contributed by atoms with Crippen molar-refractivity contribution in [2.24, 2.45) is 10.8 Å². The van der Waals surface area contributed by atoms with Gasteiger partial charge in [0, 0.05) is 77.6 Å². The van der Waals surface area contributed by atoms with Gasteiger partial charge in [0.05, 0.1) is 0 Å². The molecule has 9 rings (SSSR count). The van der Waals surface area contributed by atoms with Crippen LogP contribution in [0.5, 0.6) is 11.5 Å². The average molecular weight is 1040 g/mol. The van der Waals surface area contributed by atoms with Gasteiger partial charge in [0.15, 0.2) is 0 Å². The predicted octanol–water partition coefficient (Wildman–Crippen LogP) is 15.6. The third kappa shape index (κ3) is 8.81. The van der Waals surface area contributed by atoms with Crippen molar-refractivity contribution in [2.75, 3.05) is 9.80 Å². The number of aromatic nitrogens is 2. The maximum Gasteiger partial charge on any atom is 0.135 e. The van der Waals surface area contributed by atoms with Gasteiger partial charge in [-0.1, -0.05) is 173 Å². The fourth-order valence-electron chi connectivity index (χ4n) is 9.14. The molecule has 3 heterocycles. The van der Waals surface area contributed by atoms with E-state index in [1.165, 1.54) is 28.1 Å². The van der Waals surface area contributed by atoms with Gasteiger partial charge >= 0.3 is 0 Å². The standard InChI is InChI=1S/C59H59N4O.Pt/c1-56(2,3)43-31-32-60-53(36-43)63-51-28-19-18-27-49(51)50-30-29-47(38-52(50)63)64-48-34-41(40-21-14-12-15-22-40)33-46(37-48)62-39-61(54(57(4,5)6)55(62)58(7,8)9)45-26-20-25-44(35-45)59(10,11)42-23-16-13-17-24-42;/h12-36,39H,1-11H3;/q-3;. The molecule has 8 aromatic rings. The van der Waals surface area contributed by atoms with Crippen LogP contribution in [0.15, 0.2) is 163 Å². The van der Waals surface area contributed by atoms with Crippen molar-refractivity contribution >= 4 is 33.2 Å². The minimum Gasteiger partial charge on any atom is -0.509 e. The summed E-state index contributed by atoms with van der Waals surface area (Å²) in [5.41, 5.74) is 11.7. The number of rotatable bonds is 8. The number of anilines is 2. The molecule has 0 saturated heterocycles. The second-order valence-electron chi connectivity index (χ2n) is 20.8. The SMILES string of the molecule is CC(C)(C)C1=C(C(C)(C)C)N(c2cccc(C(C)(C)c3ccccc3)c2)[CH-]N1c1[c-]c(Oc2[c-]c3c(cc2)c2ccccc2n3-c2cc(C(C)(C)C)ccn2)cc(-c2ccccc2)c1.[Pt]. The quantitative estimate of drug-likeness (QED) is 0.142. The zero-order chi connectivity index (χ0) is 45.2. The van der Waals surface area contributed by atoms with Gasteiger partial charge in [-0.2, -0.15) is 6.07 Å². The number of benzene rings is 6. The van der Waals surface area contributed by atoms with Crippen LogP contribution >= 0.6 is 0 Å². The Morgan fingerprint density at radius 3 is 1.85 bits per heavy atom. The normalized spacial score (nSPS) is 13.8. The van der Waals surface area contributed by atoms with E-state index >= 15 is 0 Å². The van der Waals surface area contributed by atoms with Crippen molar-refractivity contribution < 1.29 is 25.8 Å². The van der Waals surface area contributed by atoms with E-state index in [2.05, 4.69) is 249 Å². The van der Waals surface area contributed by atoms with Crippen LogP contribution in [-0.4, -0.2) is 9.55 Å². The van der Waals surface area contributed by atoms with Crippen LogP contribution in [0.1, 0.15) is 92.9 Å². The van der Waals surface area contributed by atoms with Gasteiger partial charge in [0.25, 0.3) is 0 Å². The van der Waals surface area contributed by atoms with Crippen molar-refractivity contribution in [1.29, 1.82) is 0 Å². The molecule has 0 fully saturated rings. The Hall–Kier alpha value is -5.90. The van der Waals surface area contributed by atoms with Crippen LogP contribution in [0.2, 0.25) is 0 Å². The Kier molecular flexibility index (Phi) is 12.0. The van der Waals surface area contributed by atoms with Crippen LogP contribution in [0.4, 0.5) is 11.4 Å². The molecule has 65 heavy (non-hydrogen) atoms. The molecule has 0 radical (unpaired) electrons.